The predicted molar refractivity (Wildman–Crippen MR) is 135 cm³/mol. The van der Waals surface area contributed by atoms with Gasteiger partial charge in [0.15, 0.2) is 0 Å². The van der Waals surface area contributed by atoms with Crippen molar-refractivity contribution in [3.05, 3.63) is 114 Å². The molecule has 0 bridgehead atoms. The minimum Gasteiger partial charge on any atom is -0.426 e. The van der Waals surface area contributed by atoms with Crippen molar-refractivity contribution in [3.8, 4) is 5.75 Å². The summed E-state index contributed by atoms with van der Waals surface area (Å²) < 4.78 is 11.8. The summed E-state index contributed by atoms with van der Waals surface area (Å²) in [7, 11) is 0. The van der Waals surface area contributed by atoms with Gasteiger partial charge in [0.1, 0.15) is 5.75 Å². The van der Waals surface area contributed by atoms with E-state index in [2.05, 4.69) is 59.9 Å². The van der Waals surface area contributed by atoms with E-state index in [4.69, 9.17) is 9.47 Å². The highest BCUT2D eigenvalue weighted by Gasteiger charge is 2.27. The molecule has 0 amide bonds. The largest absolute Gasteiger partial charge is 0.426 e. The third kappa shape index (κ3) is 5.53. The Kier molecular flexibility index (Phi) is 6.99. The van der Waals surface area contributed by atoms with Gasteiger partial charge in [-0.05, 0) is 58.6 Å². The maximum Gasteiger partial charge on any atom is 0.315 e. The molecule has 1 saturated heterocycles. The molecule has 4 aromatic rings. The van der Waals surface area contributed by atoms with Crippen molar-refractivity contribution < 1.29 is 14.3 Å². The molecule has 0 aromatic heterocycles. The van der Waals surface area contributed by atoms with E-state index in [1.54, 1.807) is 12.1 Å². The van der Waals surface area contributed by atoms with Crippen molar-refractivity contribution in [1.82, 2.24) is 5.32 Å². The molecule has 2 unspecified atom stereocenters. The lowest BCUT2D eigenvalue weighted by atomic mass is 9.87. The zero-order chi connectivity index (χ0) is 23.2. The van der Waals surface area contributed by atoms with Crippen molar-refractivity contribution in [2.24, 2.45) is 0 Å². The predicted octanol–water partition coefficient (Wildman–Crippen LogP) is 5.65. The lowest BCUT2D eigenvalue weighted by Crippen LogP contribution is -2.40. The standard InChI is InChI=1S/C30H29NO3/c32-30(34-27-8-2-1-3-9-27)19-22-10-14-25(15-11-22)28-16-17-31-20-29(28)33-21-23-12-13-24-6-4-5-7-26(24)18-23/h1-15,18,28-29,31H,16-17,19-21H2. The topological polar surface area (TPSA) is 47.6 Å². The number of fused-ring (bicyclic) bond motifs is 1. The first-order valence-corrected chi connectivity index (χ1v) is 11.9. The van der Waals surface area contributed by atoms with Crippen molar-refractivity contribution in [3.63, 3.8) is 0 Å². The molecule has 1 aliphatic heterocycles. The molecule has 1 fully saturated rings. The molecular formula is C30H29NO3. The second kappa shape index (κ2) is 10.6. The van der Waals surface area contributed by atoms with E-state index >= 15 is 0 Å². The van der Waals surface area contributed by atoms with Crippen LogP contribution in [0.4, 0.5) is 0 Å². The van der Waals surface area contributed by atoms with Crippen LogP contribution in [0.15, 0.2) is 97.1 Å². The number of hydrogen-bond donors (Lipinski definition) is 1. The molecule has 1 heterocycles. The molecule has 4 aromatic carbocycles. The second-order valence-electron chi connectivity index (χ2n) is 8.84. The van der Waals surface area contributed by atoms with Crippen LogP contribution in [-0.4, -0.2) is 25.2 Å². The fraction of sp³-hybridized carbons (Fsp3) is 0.233. The highest BCUT2D eigenvalue weighted by Crippen LogP contribution is 2.29. The van der Waals surface area contributed by atoms with Crippen LogP contribution in [0.3, 0.4) is 0 Å². The van der Waals surface area contributed by atoms with Crippen LogP contribution in [0.2, 0.25) is 0 Å². The fourth-order valence-corrected chi connectivity index (χ4v) is 4.62. The lowest BCUT2D eigenvalue weighted by molar-refractivity contribution is -0.133. The van der Waals surface area contributed by atoms with E-state index in [-0.39, 0.29) is 18.5 Å². The van der Waals surface area contributed by atoms with Crippen molar-refractivity contribution in [1.29, 1.82) is 0 Å². The van der Waals surface area contributed by atoms with Crippen LogP contribution < -0.4 is 10.1 Å². The van der Waals surface area contributed by atoms with Gasteiger partial charge in [0, 0.05) is 12.5 Å². The zero-order valence-corrected chi connectivity index (χ0v) is 19.2. The van der Waals surface area contributed by atoms with E-state index < -0.39 is 0 Å². The van der Waals surface area contributed by atoms with E-state index in [0.717, 1.165) is 25.1 Å². The summed E-state index contributed by atoms with van der Waals surface area (Å²) in [6.07, 6.45) is 1.38. The minimum atomic E-state index is -0.252. The Hall–Kier alpha value is -3.47. The fourth-order valence-electron chi connectivity index (χ4n) is 4.62. The molecule has 0 aliphatic carbocycles. The Morgan fingerprint density at radius 3 is 2.38 bits per heavy atom. The molecule has 0 saturated carbocycles. The van der Waals surface area contributed by atoms with Crippen LogP contribution in [0.25, 0.3) is 10.8 Å². The summed E-state index contributed by atoms with van der Waals surface area (Å²) in [5.74, 6) is 0.648. The van der Waals surface area contributed by atoms with Gasteiger partial charge in [-0.25, -0.2) is 0 Å². The van der Waals surface area contributed by atoms with Crippen LogP contribution in [0.1, 0.15) is 29.0 Å². The van der Waals surface area contributed by atoms with Crippen LogP contribution in [-0.2, 0) is 22.6 Å². The van der Waals surface area contributed by atoms with Crippen LogP contribution >= 0.6 is 0 Å². The van der Waals surface area contributed by atoms with E-state index in [0.29, 0.717) is 18.3 Å². The van der Waals surface area contributed by atoms with Gasteiger partial charge in [-0.3, -0.25) is 4.79 Å². The summed E-state index contributed by atoms with van der Waals surface area (Å²) >= 11 is 0. The first kappa shape index (κ1) is 22.3. The molecule has 0 radical (unpaired) electrons. The number of carbonyl (C=O) groups is 1. The third-order valence-electron chi connectivity index (χ3n) is 6.44. The summed E-state index contributed by atoms with van der Waals surface area (Å²) in [5.41, 5.74) is 3.40. The van der Waals surface area contributed by atoms with Gasteiger partial charge in [0.25, 0.3) is 0 Å². The summed E-state index contributed by atoms with van der Waals surface area (Å²) in [5, 5.41) is 5.96. The number of benzene rings is 4. The molecule has 1 aliphatic rings. The van der Waals surface area contributed by atoms with E-state index in [1.165, 1.54) is 21.9 Å². The first-order chi connectivity index (χ1) is 16.7. The van der Waals surface area contributed by atoms with Crippen molar-refractivity contribution in [2.75, 3.05) is 13.1 Å². The number of rotatable bonds is 7. The molecule has 0 spiro atoms. The number of ether oxygens (including phenoxy) is 2. The first-order valence-electron chi connectivity index (χ1n) is 11.9. The number of hydrogen-bond acceptors (Lipinski definition) is 4. The maximum atomic E-state index is 12.3. The summed E-state index contributed by atoms with van der Waals surface area (Å²) in [6.45, 7) is 2.41. The molecule has 4 nitrogen and oxygen atoms in total. The van der Waals surface area contributed by atoms with Gasteiger partial charge in [0.05, 0.1) is 19.1 Å². The number of para-hydroxylation sites is 1. The molecule has 5 rings (SSSR count). The van der Waals surface area contributed by atoms with Crippen molar-refractivity contribution in [2.45, 2.75) is 31.5 Å². The quantitative estimate of drug-likeness (QED) is 0.291. The second-order valence-corrected chi connectivity index (χ2v) is 8.84. The summed E-state index contributed by atoms with van der Waals surface area (Å²) in [4.78, 5) is 12.3. The Morgan fingerprint density at radius 1 is 0.824 bits per heavy atom. The van der Waals surface area contributed by atoms with Gasteiger partial charge in [-0.2, -0.15) is 0 Å². The number of esters is 1. The lowest BCUT2D eigenvalue weighted by Gasteiger charge is -2.32. The number of nitrogens with one attached hydrogen (secondary N) is 1. The monoisotopic (exact) mass is 451 g/mol. The highest BCUT2D eigenvalue weighted by molar-refractivity contribution is 5.83. The van der Waals surface area contributed by atoms with Crippen molar-refractivity contribution >= 4 is 16.7 Å². The van der Waals surface area contributed by atoms with Gasteiger partial charge < -0.3 is 14.8 Å². The molecule has 34 heavy (non-hydrogen) atoms. The van der Waals surface area contributed by atoms with Crippen LogP contribution in [0, 0.1) is 0 Å². The SMILES string of the molecule is O=C(Cc1ccc(C2CCNCC2OCc2ccc3ccccc3c2)cc1)Oc1ccccc1. The number of piperidine rings is 1. The van der Waals surface area contributed by atoms with E-state index in [1.807, 2.05) is 30.3 Å². The van der Waals surface area contributed by atoms with Gasteiger partial charge in [0.2, 0.25) is 0 Å². The average Bonchev–Trinajstić information content (AvgIpc) is 2.88. The van der Waals surface area contributed by atoms with Crippen LogP contribution in [0.5, 0.6) is 5.75 Å². The Bertz CT molecular complexity index is 1240. The molecule has 172 valence electrons. The smallest absolute Gasteiger partial charge is 0.315 e. The molecule has 2 atom stereocenters. The molecule has 4 heteroatoms. The molecular weight excluding hydrogens is 422 g/mol. The maximum absolute atomic E-state index is 12.3. The Balaban J connectivity index is 1.21. The normalized spacial score (nSPS) is 18.0. The van der Waals surface area contributed by atoms with E-state index in [9.17, 15) is 4.79 Å². The number of carbonyl (C=O) groups excluding carboxylic acids is 1. The molecule has 1 N–H and O–H groups in total. The average molecular weight is 452 g/mol. The van der Waals surface area contributed by atoms with Gasteiger partial charge in [-0.1, -0.05) is 78.9 Å². The Morgan fingerprint density at radius 2 is 1.56 bits per heavy atom. The zero-order valence-electron chi connectivity index (χ0n) is 19.2. The van der Waals surface area contributed by atoms with Gasteiger partial charge >= 0.3 is 5.97 Å². The summed E-state index contributed by atoms with van der Waals surface area (Å²) in [6, 6.07) is 32.4. The third-order valence-corrected chi connectivity index (χ3v) is 6.44. The minimum absolute atomic E-state index is 0.106. The highest BCUT2D eigenvalue weighted by atomic mass is 16.5. The Labute approximate surface area is 200 Å². The van der Waals surface area contributed by atoms with Gasteiger partial charge in [-0.15, -0.1) is 0 Å².